The molecule has 1 heterocycles. The number of benzene rings is 2. The first-order chi connectivity index (χ1) is 13.5. The van der Waals surface area contributed by atoms with E-state index in [1.165, 1.54) is 12.1 Å². The molecule has 28 heavy (non-hydrogen) atoms. The van der Waals surface area contributed by atoms with E-state index in [2.05, 4.69) is 5.32 Å². The van der Waals surface area contributed by atoms with Gasteiger partial charge in [0.15, 0.2) is 0 Å². The highest BCUT2D eigenvalue weighted by Gasteiger charge is 2.27. The van der Waals surface area contributed by atoms with Gasteiger partial charge in [0.25, 0.3) is 5.91 Å². The Labute approximate surface area is 163 Å². The first-order valence-corrected chi connectivity index (χ1v) is 9.12. The lowest BCUT2D eigenvalue weighted by Gasteiger charge is -2.32. The molecular weight excluding hydrogens is 363 g/mol. The molecule has 1 N–H and O–H groups in total. The summed E-state index contributed by atoms with van der Waals surface area (Å²) < 4.78 is 23.8. The Hall–Kier alpha value is -2.93. The molecule has 0 aromatic heterocycles. The van der Waals surface area contributed by atoms with Crippen LogP contribution in [0.3, 0.4) is 0 Å². The largest absolute Gasteiger partial charge is 0.497 e. The van der Waals surface area contributed by atoms with Gasteiger partial charge < -0.3 is 19.7 Å². The molecule has 6 nitrogen and oxygen atoms in total. The fourth-order valence-corrected chi connectivity index (χ4v) is 3.02. The molecule has 3 rings (SSSR count). The number of halogens is 1. The lowest BCUT2D eigenvalue weighted by Crippen LogP contribution is -2.50. The number of nitrogens with one attached hydrogen (secondary N) is 1. The van der Waals surface area contributed by atoms with Gasteiger partial charge in [0, 0.05) is 18.7 Å². The van der Waals surface area contributed by atoms with Gasteiger partial charge in [-0.2, -0.15) is 0 Å². The fourth-order valence-electron chi connectivity index (χ4n) is 3.02. The predicted molar refractivity (Wildman–Crippen MR) is 103 cm³/mol. The van der Waals surface area contributed by atoms with E-state index in [-0.39, 0.29) is 30.3 Å². The van der Waals surface area contributed by atoms with Crippen LogP contribution in [0.15, 0.2) is 48.5 Å². The van der Waals surface area contributed by atoms with Crippen LogP contribution in [0.2, 0.25) is 0 Å². The number of ether oxygens (including phenoxy) is 2. The van der Waals surface area contributed by atoms with Crippen molar-refractivity contribution in [1.29, 1.82) is 0 Å². The lowest BCUT2D eigenvalue weighted by atomic mass is 10.1. The van der Waals surface area contributed by atoms with Gasteiger partial charge in [0.1, 0.15) is 18.2 Å². The van der Waals surface area contributed by atoms with E-state index in [0.29, 0.717) is 31.6 Å². The van der Waals surface area contributed by atoms with Crippen LogP contribution >= 0.6 is 0 Å². The number of methoxy groups -OCH3 is 1. The average Bonchev–Trinajstić information content (AvgIpc) is 2.72. The number of carbonyl (C=O) groups is 2. The molecule has 0 radical (unpaired) electrons. The molecule has 2 aromatic rings. The summed E-state index contributed by atoms with van der Waals surface area (Å²) in [6, 6.07) is 13.3. The van der Waals surface area contributed by atoms with Crippen molar-refractivity contribution in [2.75, 3.05) is 31.7 Å². The maximum absolute atomic E-state index is 13.1. The summed E-state index contributed by atoms with van der Waals surface area (Å²) in [7, 11) is 1.61. The van der Waals surface area contributed by atoms with Gasteiger partial charge >= 0.3 is 0 Å². The summed E-state index contributed by atoms with van der Waals surface area (Å²) in [5.74, 6) is 0.132. The summed E-state index contributed by atoms with van der Waals surface area (Å²) in [6.45, 7) is 0.546. The van der Waals surface area contributed by atoms with E-state index < -0.39 is 0 Å². The average molecular weight is 386 g/mol. The molecular formula is C21H23FN2O4. The Bertz CT molecular complexity index is 825. The maximum Gasteiger partial charge on any atom is 0.253 e. The Morgan fingerprint density at radius 1 is 1.29 bits per heavy atom. The highest BCUT2D eigenvalue weighted by molar-refractivity contribution is 5.95. The molecule has 0 saturated carbocycles. The van der Waals surface area contributed by atoms with E-state index in [1.807, 2.05) is 24.3 Å². The van der Waals surface area contributed by atoms with Gasteiger partial charge in [-0.15, -0.1) is 0 Å². The molecule has 7 heteroatoms. The van der Waals surface area contributed by atoms with Crippen LogP contribution in [-0.2, 0) is 20.7 Å². The first kappa shape index (κ1) is 19.8. The van der Waals surface area contributed by atoms with Crippen molar-refractivity contribution < 1.29 is 23.5 Å². The Balaban J connectivity index is 1.47. The number of hydrogen-bond acceptors (Lipinski definition) is 4. The molecule has 2 aromatic carbocycles. The normalized spacial score (nSPS) is 16.7. The van der Waals surface area contributed by atoms with E-state index in [0.717, 1.165) is 11.3 Å². The van der Waals surface area contributed by atoms with Crippen molar-refractivity contribution >= 4 is 17.5 Å². The van der Waals surface area contributed by atoms with Crippen LogP contribution in [0.4, 0.5) is 10.1 Å². The SMILES string of the molecule is COc1cccc(CCC(=O)NCC2CN(c3ccc(F)cc3)C(=O)CO2)c1. The second kappa shape index (κ2) is 9.32. The molecule has 0 spiro atoms. The number of amides is 2. The quantitative estimate of drug-likeness (QED) is 0.793. The van der Waals surface area contributed by atoms with E-state index in [4.69, 9.17) is 9.47 Å². The van der Waals surface area contributed by atoms with Crippen molar-refractivity contribution in [2.24, 2.45) is 0 Å². The number of morpholine rings is 1. The summed E-state index contributed by atoms with van der Waals surface area (Å²) in [6.07, 6.45) is 0.637. The molecule has 1 unspecified atom stereocenters. The van der Waals surface area contributed by atoms with Crippen LogP contribution in [0.1, 0.15) is 12.0 Å². The molecule has 1 fully saturated rings. The zero-order valence-electron chi connectivity index (χ0n) is 15.7. The smallest absolute Gasteiger partial charge is 0.253 e. The topological polar surface area (TPSA) is 67.9 Å². The van der Waals surface area contributed by atoms with Crippen molar-refractivity contribution in [1.82, 2.24) is 5.32 Å². The summed E-state index contributed by atoms with van der Waals surface area (Å²) in [4.78, 5) is 25.8. The second-order valence-electron chi connectivity index (χ2n) is 6.57. The van der Waals surface area contributed by atoms with Gasteiger partial charge in [-0.1, -0.05) is 12.1 Å². The van der Waals surface area contributed by atoms with E-state index in [9.17, 15) is 14.0 Å². The molecule has 0 bridgehead atoms. The van der Waals surface area contributed by atoms with Gasteiger partial charge in [0.05, 0.1) is 19.8 Å². The zero-order valence-corrected chi connectivity index (χ0v) is 15.7. The minimum Gasteiger partial charge on any atom is -0.497 e. The van der Waals surface area contributed by atoms with Gasteiger partial charge in [-0.3, -0.25) is 9.59 Å². The first-order valence-electron chi connectivity index (χ1n) is 9.12. The molecule has 0 aliphatic carbocycles. The highest BCUT2D eigenvalue weighted by atomic mass is 19.1. The van der Waals surface area contributed by atoms with Crippen molar-refractivity contribution in [3.63, 3.8) is 0 Å². The van der Waals surface area contributed by atoms with Gasteiger partial charge in [-0.05, 0) is 48.4 Å². The van der Waals surface area contributed by atoms with Crippen molar-refractivity contribution in [3.8, 4) is 5.75 Å². The monoisotopic (exact) mass is 386 g/mol. The number of aryl methyl sites for hydroxylation is 1. The summed E-state index contributed by atoms with van der Waals surface area (Å²) in [5.41, 5.74) is 1.64. The zero-order chi connectivity index (χ0) is 19.9. The summed E-state index contributed by atoms with van der Waals surface area (Å²) >= 11 is 0. The van der Waals surface area contributed by atoms with Crippen molar-refractivity contribution in [3.05, 3.63) is 59.9 Å². The number of anilines is 1. The highest BCUT2D eigenvalue weighted by Crippen LogP contribution is 2.19. The Morgan fingerprint density at radius 2 is 2.07 bits per heavy atom. The standard InChI is InChI=1S/C21H23FN2O4/c1-27-18-4-2-3-15(11-18)5-10-20(25)23-12-19-13-24(21(26)14-28-19)17-8-6-16(22)7-9-17/h2-4,6-9,11,19H,5,10,12-14H2,1H3,(H,23,25). The van der Waals surface area contributed by atoms with Crippen LogP contribution in [0.25, 0.3) is 0 Å². The third-order valence-electron chi connectivity index (χ3n) is 4.57. The van der Waals surface area contributed by atoms with Crippen LogP contribution in [-0.4, -0.2) is 44.7 Å². The number of hydrogen-bond donors (Lipinski definition) is 1. The maximum atomic E-state index is 13.1. The van der Waals surface area contributed by atoms with Crippen LogP contribution in [0, 0.1) is 5.82 Å². The summed E-state index contributed by atoms with van der Waals surface area (Å²) in [5, 5.41) is 2.85. The second-order valence-corrected chi connectivity index (χ2v) is 6.57. The molecule has 1 saturated heterocycles. The molecule has 1 atom stereocenters. The van der Waals surface area contributed by atoms with E-state index in [1.54, 1.807) is 24.1 Å². The number of rotatable bonds is 7. The fraction of sp³-hybridized carbons (Fsp3) is 0.333. The Morgan fingerprint density at radius 3 is 2.82 bits per heavy atom. The minimum atomic E-state index is -0.357. The molecule has 1 aliphatic heterocycles. The third-order valence-corrected chi connectivity index (χ3v) is 4.57. The molecule has 1 aliphatic rings. The van der Waals surface area contributed by atoms with E-state index >= 15 is 0 Å². The predicted octanol–water partition coefficient (Wildman–Crippen LogP) is 2.32. The third kappa shape index (κ3) is 5.29. The number of carbonyl (C=O) groups excluding carboxylic acids is 2. The molecule has 148 valence electrons. The molecule has 2 amide bonds. The van der Waals surface area contributed by atoms with Crippen LogP contribution < -0.4 is 15.0 Å². The Kier molecular flexibility index (Phi) is 6.60. The number of nitrogens with zero attached hydrogens (tertiary/aromatic N) is 1. The van der Waals surface area contributed by atoms with Crippen molar-refractivity contribution in [2.45, 2.75) is 18.9 Å². The van der Waals surface area contributed by atoms with Gasteiger partial charge in [-0.25, -0.2) is 4.39 Å². The minimum absolute atomic E-state index is 0.0677. The van der Waals surface area contributed by atoms with Crippen LogP contribution in [0.5, 0.6) is 5.75 Å². The lowest BCUT2D eigenvalue weighted by molar-refractivity contribution is -0.129. The van der Waals surface area contributed by atoms with Gasteiger partial charge in [0.2, 0.25) is 5.91 Å².